The highest BCUT2D eigenvalue weighted by molar-refractivity contribution is 7.14. The molecule has 1 N–H and O–H groups in total. The van der Waals surface area contributed by atoms with Crippen molar-refractivity contribution in [2.75, 3.05) is 0 Å². The lowest BCUT2D eigenvalue weighted by molar-refractivity contribution is -0.0122. The molecular formula is C14H21NO2S. The molecule has 1 aromatic heterocycles. The molecule has 18 heavy (non-hydrogen) atoms. The van der Waals surface area contributed by atoms with Crippen molar-refractivity contribution in [2.45, 2.75) is 58.5 Å². The highest BCUT2D eigenvalue weighted by Gasteiger charge is 2.18. The monoisotopic (exact) mass is 267 g/mol. The zero-order chi connectivity index (χ0) is 13.0. The van der Waals surface area contributed by atoms with Crippen molar-refractivity contribution in [3.05, 3.63) is 21.4 Å². The van der Waals surface area contributed by atoms with Gasteiger partial charge in [-0.25, -0.2) is 5.48 Å². The molecule has 0 unspecified atom stereocenters. The van der Waals surface area contributed by atoms with Crippen LogP contribution >= 0.6 is 11.3 Å². The maximum absolute atomic E-state index is 11.9. The minimum Gasteiger partial charge on any atom is -0.270 e. The number of aryl methyl sites for hydroxylation is 2. The summed E-state index contributed by atoms with van der Waals surface area (Å²) in [5.74, 6) is -0.0997. The van der Waals surface area contributed by atoms with Crippen LogP contribution in [-0.4, -0.2) is 12.0 Å². The number of carbonyl (C=O) groups is 1. The molecule has 1 heterocycles. The fourth-order valence-electron chi connectivity index (χ4n) is 2.34. The van der Waals surface area contributed by atoms with E-state index in [4.69, 9.17) is 4.84 Å². The fourth-order valence-corrected chi connectivity index (χ4v) is 3.30. The van der Waals surface area contributed by atoms with Gasteiger partial charge < -0.3 is 0 Å². The van der Waals surface area contributed by atoms with Gasteiger partial charge >= 0.3 is 0 Å². The van der Waals surface area contributed by atoms with Gasteiger partial charge in [0.1, 0.15) is 0 Å². The van der Waals surface area contributed by atoms with Crippen molar-refractivity contribution < 1.29 is 9.63 Å². The molecule has 1 fully saturated rings. The number of rotatable bonds is 5. The van der Waals surface area contributed by atoms with Crippen molar-refractivity contribution in [3.8, 4) is 0 Å². The molecule has 2 rings (SSSR count). The fraction of sp³-hybridized carbons (Fsp3) is 0.643. The lowest BCUT2D eigenvalue weighted by Crippen LogP contribution is -2.27. The maximum atomic E-state index is 11.9. The Labute approximate surface area is 112 Å². The Bertz CT molecular complexity index is 408. The standard InChI is InChI=1S/C14H21NO2S/c1-3-6-11-9-13(18-10(11)2)14(16)15-17-12-7-4-5-8-12/h9,12H,3-8H2,1-2H3,(H,15,16). The second-order valence-corrected chi connectivity index (χ2v) is 6.15. The predicted molar refractivity (Wildman–Crippen MR) is 73.9 cm³/mol. The highest BCUT2D eigenvalue weighted by atomic mass is 32.1. The quantitative estimate of drug-likeness (QED) is 0.828. The Morgan fingerprint density at radius 3 is 2.89 bits per heavy atom. The van der Waals surface area contributed by atoms with Crippen molar-refractivity contribution in [1.29, 1.82) is 0 Å². The van der Waals surface area contributed by atoms with E-state index in [0.717, 1.165) is 30.6 Å². The topological polar surface area (TPSA) is 38.3 Å². The van der Waals surface area contributed by atoms with E-state index < -0.39 is 0 Å². The van der Waals surface area contributed by atoms with E-state index in [2.05, 4.69) is 19.3 Å². The zero-order valence-electron chi connectivity index (χ0n) is 11.1. The van der Waals surface area contributed by atoms with E-state index in [-0.39, 0.29) is 12.0 Å². The summed E-state index contributed by atoms with van der Waals surface area (Å²) in [6, 6.07) is 2.00. The van der Waals surface area contributed by atoms with Crippen LogP contribution in [-0.2, 0) is 11.3 Å². The first-order chi connectivity index (χ1) is 8.70. The van der Waals surface area contributed by atoms with Gasteiger partial charge in [0.25, 0.3) is 5.91 Å². The van der Waals surface area contributed by atoms with Crippen LogP contribution in [0.2, 0.25) is 0 Å². The number of nitrogens with one attached hydrogen (secondary N) is 1. The minimum atomic E-state index is -0.0997. The van der Waals surface area contributed by atoms with Crippen molar-refractivity contribution in [2.24, 2.45) is 0 Å². The molecule has 0 bridgehead atoms. The molecule has 1 aliphatic rings. The first kappa shape index (κ1) is 13.6. The summed E-state index contributed by atoms with van der Waals surface area (Å²) in [5, 5.41) is 0. The Morgan fingerprint density at radius 1 is 1.50 bits per heavy atom. The molecule has 0 aromatic carbocycles. The largest absolute Gasteiger partial charge is 0.284 e. The van der Waals surface area contributed by atoms with Gasteiger partial charge in [0.15, 0.2) is 0 Å². The summed E-state index contributed by atoms with van der Waals surface area (Å²) in [6.45, 7) is 4.23. The van der Waals surface area contributed by atoms with Gasteiger partial charge in [-0.05, 0) is 37.8 Å². The lowest BCUT2D eigenvalue weighted by atomic mass is 10.1. The van der Waals surface area contributed by atoms with Crippen molar-refractivity contribution in [1.82, 2.24) is 5.48 Å². The number of hydrogen-bond donors (Lipinski definition) is 1. The van der Waals surface area contributed by atoms with Crippen LogP contribution in [0.5, 0.6) is 0 Å². The number of thiophene rings is 1. The molecule has 0 aliphatic heterocycles. The summed E-state index contributed by atoms with van der Waals surface area (Å²) >= 11 is 1.55. The second kappa shape index (κ2) is 6.34. The van der Waals surface area contributed by atoms with Gasteiger partial charge in [0, 0.05) is 4.88 Å². The Balaban J connectivity index is 1.89. The third-order valence-electron chi connectivity index (χ3n) is 3.38. The van der Waals surface area contributed by atoms with Gasteiger partial charge in [-0.1, -0.05) is 26.2 Å². The lowest BCUT2D eigenvalue weighted by Gasteiger charge is -2.10. The zero-order valence-corrected chi connectivity index (χ0v) is 11.9. The summed E-state index contributed by atoms with van der Waals surface area (Å²) in [6.07, 6.45) is 6.90. The molecule has 0 saturated heterocycles. The summed E-state index contributed by atoms with van der Waals surface area (Å²) < 4.78 is 0. The summed E-state index contributed by atoms with van der Waals surface area (Å²) in [4.78, 5) is 19.4. The van der Waals surface area contributed by atoms with Crippen LogP contribution < -0.4 is 5.48 Å². The molecule has 0 atom stereocenters. The maximum Gasteiger partial charge on any atom is 0.284 e. The molecule has 1 amide bonds. The van der Waals surface area contributed by atoms with E-state index in [1.54, 1.807) is 11.3 Å². The Hall–Kier alpha value is -0.870. The SMILES string of the molecule is CCCc1cc(C(=O)NOC2CCCC2)sc1C. The van der Waals surface area contributed by atoms with Crippen LogP contribution in [0.3, 0.4) is 0 Å². The highest BCUT2D eigenvalue weighted by Crippen LogP contribution is 2.23. The van der Waals surface area contributed by atoms with Gasteiger partial charge in [-0.3, -0.25) is 9.63 Å². The number of carbonyl (C=O) groups excluding carboxylic acids is 1. The first-order valence-electron chi connectivity index (χ1n) is 6.76. The number of hydroxylamine groups is 1. The van der Waals surface area contributed by atoms with Crippen LogP contribution in [0.25, 0.3) is 0 Å². The molecule has 0 radical (unpaired) electrons. The van der Waals surface area contributed by atoms with Gasteiger partial charge in [-0.2, -0.15) is 0 Å². The van der Waals surface area contributed by atoms with E-state index in [9.17, 15) is 4.79 Å². The van der Waals surface area contributed by atoms with Crippen LogP contribution in [0.1, 0.15) is 59.1 Å². The number of hydrogen-bond acceptors (Lipinski definition) is 3. The molecule has 1 aliphatic carbocycles. The normalized spacial score (nSPS) is 16.1. The van der Waals surface area contributed by atoms with E-state index in [1.165, 1.54) is 23.3 Å². The molecule has 4 heteroatoms. The second-order valence-electron chi connectivity index (χ2n) is 4.90. The molecular weight excluding hydrogens is 246 g/mol. The summed E-state index contributed by atoms with van der Waals surface area (Å²) in [5.41, 5.74) is 3.88. The van der Waals surface area contributed by atoms with Gasteiger partial charge in [-0.15, -0.1) is 11.3 Å². The average molecular weight is 267 g/mol. The van der Waals surface area contributed by atoms with Crippen LogP contribution in [0.15, 0.2) is 6.07 Å². The molecule has 1 saturated carbocycles. The van der Waals surface area contributed by atoms with Crippen molar-refractivity contribution >= 4 is 17.2 Å². The van der Waals surface area contributed by atoms with Crippen LogP contribution in [0.4, 0.5) is 0 Å². The minimum absolute atomic E-state index is 0.0997. The third-order valence-corrected chi connectivity index (χ3v) is 4.48. The summed E-state index contributed by atoms with van der Waals surface area (Å²) in [7, 11) is 0. The van der Waals surface area contributed by atoms with Crippen molar-refractivity contribution in [3.63, 3.8) is 0 Å². The van der Waals surface area contributed by atoms with Gasteiger partial charge in [0.05, 0.1) is 11.0 Å². The van der Waals surface area contributed by atoms with E-state index in [0.29, 0.717) is 0 Å². The van der Waals surface area contributed by atoms with Crippen LogP contribution in [0, 0.1) is 6.92 Å². The van der Waals surface area contributed by atoms with E-state index >= 15 is 0 Å². The van der Waals surface area contributed by atoms with Gasteiger partial charge in [0.2, 0.25) is 0 Å². The first-order valence-corrected chi connectivity index (χ1v) is 7.57. The third kappa shape index (κ3) is 3.33. The predicted octanol–water partition coefficient (Wildman–Crippen LogP) is 3.61. The molecule has 0 spiro atoms. The molecule has 100 valence electrons. The number of amides is 1. The Morgan fingerprint density at radius 2 is 2.22 bits per heavy atom. The average Bonchev–Trinajstić information content (AvgIpc) is 2.97. The smallest absolute Gasteiger partial charge is 0.270 e. The molecule has 1 aromatic rings. The molecule has 3 nitrogen and oxygen atoms in total. The Kier molecular flexibility index (Phi) is 4.78. The van der Waals surface area contributed by atoms with E-state index in [1.807, 2.05) is 6.07 Å².